The Labute approximate surface area is 90.8 Å². The molecule has 0 aromatic carbocycles. The molecule has 2 saturated heterocycles. The maximum absolute atomic E-state index is 5.53. The molecule has 2 rings (SSSR count). The van der Waals surface area contributed by atoms with Crippen LogP contribution in [-0.2, 0) is 18.9 Å². The minimum Gasteiger partial charge on any atom is -0.376 e. The number of rotatable bonds is 6. The van der Waals surface area contributed by atoms with Gasteiger partial charge in [0, 0.05) is 13.2 Å². The highest BCUT2D eigenvalue weighted by molar-refractivity contribution is 4.64. The summed E-state index contributed by atoms with van der Waals surface area (Å²) in [6.45, 7) is 3.69. The molecule has 2 atom stereocenters. The summed E-state index contributed by atoms with van der Waals surface area (Å²) in [6.07, 6.45) is 4.85. The predicted octanol–water partition coefficient (Wildman–Crippen LogP) is 1.34. The van der Waals surface area contributed by atoms with Crippen molar-refractivity contribution in [2.75, 3.05) is 33.0 Å². The van der Waals surface area contributed by atoms with Crippen molar-refractivity contribution in [1.29, 1.82) is 0 Å². The average molecular weight is 216 g/mol. The molecule has 2 aliphatic heterocycles. The van der Waals surface area contributed by atoms with Crippen LogP contribution in [0.2, 0.25) is 0 Å². The first kappa shape index (κ1) is 11.3. The standard InChI is InChI=1S/C11H20O4/c1-2-5-14-11(3-1)15-8-7-12-9-10-4-6-13-10/h10-11H,1-9H2. The first-order valence-corrected chi connectivity index (χ1v) is 5.88. The number of hydrogen-bond acceptors (Lipinski definition) is 4. The minimum atomic E-state index is 0.00213. The Bertz CT molecular complexity index is 164. The average Bonchev–Trinajstić information content (AvgIpc) is 2.22. The molecule has 0 bridgehead atoms. The SMILES string of the molecule is C1CCC(OCCOCC2CCO2)OC1. The fraction of sp³-hybridized carbons (Fsp3) is 1.00. The van der Waals surface area contributed by atoms with Crippen LogP contribution in [0, 0.1) is 0 Å². The van der Waals surface area contributed by atoms with Crippen LogP contribution < -0.4 is 0 Å². The van der Waals surface area contributed by atoms with Crippen molar-refractivity contribution >= 4 is 0 Å². The van der Waals surface area contributed by atoms with Gasteiger partial charge < -0.3 is 18.9 Å². The molecule has 0 N–H and O–H groups in total. The Morgan fingerprint density at radius 1 is 1.00 bits per heavy atom. The van der Waals surface area contributed by atoms with E-state index >= 15 is 0 Å². The molecule has 88 valence electrons. The molecule has 0 aromatic rings. The van der Waals surface area contributed by atoms with Crippen molar-refractivity contribution in [1.82, 2.24) is 0 Å². The molecule has 0 aliphatic carbocycles. The van der Waals surface area contributed by atoms with Crippen molar-refractivity contribution in [3.8, 4) is 0 Å². The molecule has 2 fully saturated rings. The zero-order valence-corrected chi connectivity index (χ0v) is 9.15. The van der Waals surface area contributed by atoms with E-state index in [1.807, 2.05) is 0 Å². The van der Waals surface area contributed by atoms with Gasteiger partial charge in [0.05, 0.1) is 25.9 Å². The lowest BCUT2D eigenvalue weighted by Gasteiger charge is -2.26. The molecule has 0 radical (unpaired) electrons. The van der Waals surface area contributed by atoms with Crippen LogP contribution in [0.25, 0.3) is 0 Å². The van der Waals surface area contributed by atoms with Crippen LogP contribution in [-0.4, -0.2) is 45.4 Å². The van der Waals surface area contributed by atoms with Gasteiger partial charge in [0.15, 0.2) is 6.29 Å². The Kier molecular flexibility index (Phi) is 4.86. The summed E-state index contributed by atoms with van der Waals surface area (Å²) in [6, 6.07) is 0. The maximum Gasteiger partial charge on any atom is 0.157 e. The summed E-state index contributed by atoms with van der Waals surface area (Å²) >= 11 is 0. The van der Waals surface area contributed by atoms with Crippen molar-refractivity contribution in [2.24, 2.45) is 0 Å². The second-order valence-corrected chi connectivity index (χ2v) is 4.02. The normalized spacial score (nSPS) is 31.2. The highest BCUT2D eigenvalue weighted by Gasteiger charge is 2.18. The van der Waals surface area contributed by atoms with Crippen LogP contribution in [0.4, 0.5) is 0 Å². The lowest BCUT2D eigenvalue weighted by atomic mass is 10.2. The van der Waals surface area contributed by atoms with E-state index < -0.39 is 0 Å². The molecular formula is C11H20O4. The van der Waals surface area contributed by atoms with Gasteiger partial charge in [0.2, 0.25) is 0 Å². The smallest absolute Gasteiger partial charge is 0.157 e. The zero-order chi connectivity index (χ0) is 10.3. The Morgan fingerprint density at radius 2 is 1.93 bits per heavy atom. The second kappa shape index (κ2) is 6.43. The fourth-order valence-electron chi connectivity index (χ4n) is 1.71. The first-order valence-electron chi connectivity index (χ1n) is 5.88. The van der Waals surface area contributed by atoms with Crippen LogP contribution in [0.5, 0.6) is 0 Å². The van der Waals surface area contributed by atoms with Gasteiger partial charge in [0.1, 0.15) is 0 Å². The fourth-order valence-corrected chi connectivity index (χ4v) is 1.71. The van der Waals surface area contributed by atoms with Gasteiger partial charge in [-0.1, -0.05) is 0 Å². The molecule has 0 spiro atoms. The van der Waals surface area contributed by atoms with E-state index in [1.54, 1.807) is 0 Å². The summed E-state index contributed by atoms with van der Waals surface area (Å²) in [5, 5.41) is 0. The van der Waals surface area contributed by atoms with E-state index in [4.69, 9.17) is 18.9 Å². The molecule has 0 aromatic heterocycles. The first-order chi connectivity index (χ1) is 7.45. The molecule has 2 aliphatic rings. The van der Waals surface area contributed by atoms with E-state index in [0.29, 0.717) is 25.9 Å². The van der Waals surface area contributed by atoms with Crippen LogP contribution in [0.3, 0.4) is 0 Å². The van der Waals surface area contributed by atoms with Gasteiger partial charge >= 0.3 is 0 Å². The summed E-state index contributed by atoms with van der Waals surface area (Å²) in [7, 11) is 0. The van der Waals surface area contributed by atoms with Crippen molar-refractivity contribution < 1.29 is 18.9 Å². The van der Waals surface area contributed by atoms with E-state index in [-0.39, 0.29) is 6.29 Å². The van der Waals surface area contributed by atoms with Crippen LogP contribution >= 0.6 is 0 Å². The second-order valence-electron chi connectivity index (χ2n) is 4.02. The summed E-state index contributed by atoms with van der Waals surface area (Å²) < 4.78 is 21.6. The minimum absolute atomic E-state index is 0.00213. The van der Waals surface area contributed by atoms with Gasteiger partial charge in [0.25, 0.3) is 0 Å². The third-order valence-electron chi connectivity index (χ3n) is 2.77. The molecule has 0 saturated carbocycles. The summed E-state index contributed by atoms with van der Waals surface area (Å²) in [4.78, 5) is 0. The molecule has 4 heteroatoms. The molecule has 0 amide bonds. The largest absolute Gasteiger partial charge is 0.376 e. The predicted molar refractivity (Wildman–Crippen MR) is 54.7 cm³/mol. The van der Waals surface area contributed by atoms with Gasteiger partial charge in [-0.05, 0) is 25.7 Å². The molecule has 2 unspecified atom stereocenters. The number of hydrogen-bond donors (Lipinski definition) is 0. The highest BCUT2D eigenvalue weighted by atomic mass is 16.7. The van der Waals surface area contributed by atoms with Crippen molar-refractivity contribution in [3.05, 3.63) is 0 Å². The van der Waals surface area contributed by atoms with E-state index in [9.17, 15) is 0 Å². The third kappa shape index (κ3) is 4.07. The van der Waals surface area contributed by atoms with E-state index in [0.717, 1.165) is 32.5 Å². The quantitative estimate of drug-likeness (QED) is 0.628. The van der Waals surface area contributed by atoms with E-state index in [1.165, 1.54) is 6.42 Å². The highest BCUT2D eigenvalue weighted by Crippen LogP contribution is 2.13. The van der Waals surface area contributed by atoms with Gasteiger partial charge in [-0.15, -0.1) is 0 Å². The lowest BCUT2D eigenvalue weighted by Crippen LogP contribution is -2.32. The van der Waals surface area contributed by atoms with Gasteiger partial charge in [-0.3, -0.25) is 0 Å². The topological polar surface area (TPSA) is 36.9 Å². The maximum atomic E-state index is 5.53. The Balaban J connectivity index is 1.40. The lowest BCUT2D eigenvalue weighted by molar-refractivity contribution is -0.173. The molecule has 2 heterocycles. The van der Waals surface area contributed by atoms with Crippen molar-refractivity contribution in [3.63, 3.8) is 0 Å². The summed E-state index contributed by atoms with van der Waals surface area (Å²) in [5.41, 5.74) is 0. The third-order valence-corrected chi connectivity index (χ3v) is 2.77. The molecule has 4 nitrogen and oxygen atoms in total. The molecular weight excluding hydrogens is 196 g/mol. The van der Waals surface area contributed by atoms with Gasteiger partial charge in [-0.25, -0.2) is 0 Å². The van der Waals surface area contributed by atoms with Crippen molar-refractivity contribution in [2.45, 2.75) is 38.1 Å². The zero-order valence-electron chi connectivity index (χ0n) is 9.15. The number of ether oxygens (including phenoxy) is 4. The van der Waals surface area contributed by atoms with Crippen LogP contribution in [0.15, 0.2) is 0 Å². The monoisotopic (exact) mass is 216 g/mol. The Morgan fingerprint density at radius 3 is 2.60 bits per heavy atom. The van der Waals surface area contributed by atoms with Crippen LogP contribution in [0.1, 0.15) is 25.7 Å². The molecule has 15 heavy (non-hydrogen) atoms. The summed E-state index contributed by atoms with van der Waals surface area (Å²) in [5.74, 6) is 0. The Hall–Kier alpha value is -0.160. The van der Waals surface area contributed by atoms with E-state index in [2.05, 4.69) is 0 Å². The van der Waals surface area contributed by atoms with Gasteiger partial charge in [-0.2, -0.15) is 0 Å².